The minimum absolute atomic E-state index is 0.0151. The van der Waals surface area contributed by atoms with Crippen LogP contribution < -0.4 is 10.6 Å². The van der Waals surface area contributed by atoms with E-state index in [4.69, 9.17) is 0 Å². The van der Waals surface area contributed by atoms with Gasteiger partial charge in [-0.25, -0.2) is 0 Å². The van der Waals surface area contributed by atoms with E-state index in [-0.39, 0.29) is 11.8 Å². The molecular weight excluding hydrogens is 416 g/mol. The summed E-state index contributed by atoms with van der Waals surface area (Å²) in [6.07, 6.45) is 2.37. The van der Waals surface area contributed by atoms with Crippen molar-refractivity contribution >= 4 is 35.0 Å². The lowest BCUT2D eigenvalue weighted by atomic mass is 10.1. The third-order valence-electron chi connectivity index (χ3n) is 5.12. The quantitative estimate of drug-likeness (QED) is 0.351. The molecular formula is C27H30N2O2S. The fourth-order valence-electron chi connectivity index (χ4n) is 3.31. The second-order valence-corrected chi connectivity index (χ2v) is 9.07. The lowest BCUT2D eigenvalue weighted by Gasteiger charge is -2.19. The Morgan fingerprint density at radius 1 is 0.906 bits per heavy atom. The first-order chi connectivity index (χ1) is 15.5. The zero-order valence-corrected chi connectivity index (χ0v) is 19.7. The SMILES string of the molecule is CCCCC(=O)Nc1cccc(SC(C(=O)Nc2cc(C)ccc2C)c2ccccc2)c1. The molecule has 3 rings (SSSR count). The predicted octanol–water partition coefficient (Wildman–Crippen LogP) is 6.90. The van der Waals surface area contributed by atoms with E-state index in [2.05, 4.69) is 17.6 Å². The number of carbonyl (C=O) groups excluding carboxylic acids is 2. The molecule has 0 saturated carbocycles. The maximum absolute atomic E-state index is 13.4. The van der Waals surface area contributed by atoms with Crippen LogP contribution in [0.25, 0.3) is 0 Å². The molecule has 0 aromatic heterocycles. The lowest BCUT2D eigenvalue weighted by Crippen LogP contribution is -2.19. The van der Waals surface area contributed by atoms with E-state index in [0.717, 1.165) is 45.8 Å². The molecule has 166 valence electrons. The van der Waals surface area contributed by atoms with E-state index in [1.807, 2.05) is 86.6 Å². The van der Waals surface area contributed by atoms with Crippen LogP contribution in [0.3, 0.4) is 0 Å². The molecule has 0 spiro atoms. The highest BCUT2D eigenvalue weighted by Crippen LogP contribution is 2.37. The maximum atomic E-state index is 13.4. The maximum Gasteiger partial charge on any atom is 0.242 e. The third kappa shape index (κ3) is 6.72. The van der Waals surface area contributed by atoms with Gasteiger partial charge in [0.25, 0.3) is 0 Å². The predicted molar refractivity (Wildman–Crippen MR) is 134 cm³/mol. The van der Waals surface area contributed by atoms with Gasteiger partial charge in [-0.2, -0.15) is 0 Å². The summed E-state index contributed by atoms with van der Waals surface area (Å²) in [6.45, 7) is 6.07. The van der Waals surface area contributed by atoms with Crippen molar-refractivity contribution in [3.8, 4) is 0 Å². The average Bonchev–Trinajstić information content (AvgIpc) is 2.79. The number of anilines is 2. The Morgan fingerprint density at radius 2 is 1.69 bits per heavy atom. The molecule has 1 unspecified atom stereocenters. The van der Waals surface area contributed by atoms with Gasteiger partial charge in [0.05, 0.1) is 0 Å². The molecule has 0 bridgehead atoms. The van der Waals surface area contributed by atoms with Crippen molar-refractivity contribution in [1.29, 1.82) is 0 Å². The van der Waals surface area contributed by atoms with Crippen LogP contribution in [-0.2, 0) is 9.59 Å². The van der Waals surface area contributed by atoms with Gasteiger partial charge in [-0.15, -0.1) is 11.8 Å². The summed E-state index contributed by atoms with van der Waals surface area (Å²) < 4.78 is 0. The van der Waals surface area contributed by atoms with E-state index < -0.39 is 5.25 Å². The fraction of sp³-hybridized carbons (Fsp3) is 0.259. The molecule has 0 radical (unpaired) electrons. The van der Waals surface area contributed by atoms with Crippen LogP contribution in [0.15, 0.2) is 77.7 Å². The Morgan fingerprint density at radius 3 is 2.44 bits per heavy atom. The number of amides is 2. The minimum atomic E-state index is -0.429. The smallest absolute Gasteiger partial charge is 0.242 e. The molecule has 4 nitrogen and oxygen atoms in total. The topological polar surface area (TPSA) is 58.2 Å². The van der Waals surface area contributed by atoms with Crippen molar-refractivity contribution in [1.82, 2.24) is 0 Å². The van der Waals surface area contributed by atoms with Crippen LogP contribution in [0.4, 0.5) is 11.4 Å². The van der Waals surface area contributed by atoms with Crippen LogP contribution in [0.2, 0.25) is 0 Å². The Hall–Kier alpha value is -3.05. The second-order valence-electron chi connectivity index (χ2n) is 7.90. The van der Waals surface area contributed by atoms with Crippen molar-refractivity contribution in [2.45, 2.75) is 50.2 Å². The van der Waals surface area contributed by atoms with Gasteiger partial charge in [0.1, 0.15) is 5.25 Å². The first-order valence-corrected chi connectivity index (χ1v) is 11.8. The van der Waals surface area contributed by atoms with Gasteiger partial charge in [0, 0.05) is 22.7 Å². The zero-order chi connectivity index (χ0) is 22.9. The molecule has 0 aliphatic rings. The number of hydrogen-bond acceptors (Lipinski definition) is 3. The van der Waals surface area contributed by atoms with Gasteiger partial charge in [0.15, 0.2) is 0 Å². The van der Waals surface area contributed by atoms with Crippen molar-refractivity contribution < 1.29 is 9.59 Å². The zero-order valence-electron chi connectivity index (χ0n) is 18.9. The first-order valence-electron chi connectivity index (χ1n) is 11.0. The molecule has 3 aromatic carbocycles. The lowest BCUT2D eigenvalue weighted by molar-refractivity contribution is -0.116. The van der Waals surface area contributed by atoms with Crippen molar-refractivity contribution in [2.75, 3.05) is 10.6 Å². The molecule has 3 aromatic rings. The summed E-state index contributed by atoms with van der Waals surface area (Å²) in [5.41, 5.74) is 4.63. The van der Waals surface area contributed by atoms with E-state index in [1.54, 1.807) is 0 Å². The Kier molecular flexibility index (Phi) is 8.51. The molecule has 0 saturated heterocycles. The summed E-state index contributed by atoms with van der Waals surface area (Å²) in [5, 5.41) is 5.64. The van der Waals surface area contributed by atoms with Crippen molar-refractivity contribution in [3.05, 3.63) is 89.5 Å². The van der Waals surface area contributed by atoms with Gasteiger partial charge in [-0.3, -0.25) is 9.59 Å². The normalized spacial score (nSPS) is 11.6. The van der Waals surface area contributed by atoms with Gasteiger partial charge in [-0.05, 0) is 61.2 Å². The Balaban J connectivity index is 1.81. The third-order valence-corrected chi connectivity index (χ3v) is 6.37. The van der Waals surface area contributed by atoms with Crippen LogP contribution in [0, 0.1) is 13.8 Å². The number of nitrogens with one attached hydrogen (secondary N) is 2. The molecule has 0 aliphatic heterocycles. The number of aryl methyl sites for hydroxylation is 2. The summed E-state index contributed by atoms with van der Waals surface area (Å²) in [4.78, 5) is 26.4. The van der Waals surface area contributed by atoms with Crippen LogP contribution in [0.1, 0.15) is 48.1 Å². The second kappa shape index (κ2) is 11.5. The van der Waals surface area contributed by atoms with E-state index in [0.29, 0.717) is 6.42 Å². The number of carbonyl (C=O) groups is 2. The molecule has 1 atom stereocenters. The monoisotopic (exact) mass is 446 g/mol. The van der Waals surface area contributed by atoms with Crippen LogP contribution in [0.5, 0.6) is 0 Å². The molecule has 32 heavy (non-hydrogen) atoms. The average molecular weight is 447 g/mol. The van der Waals surface area contributed by atoms with Gasteiger partial charge < -0.3 is 10.6 Å². The molecule has 2 amide bonds. The minimum Gasteiger partial charge on any atom is -0.326 e. The van der Waals surface area contributed by atoms with Gasteiger partial charge in [0.2, 0.25) is 11.8 Å². The van der Waals surface area contributed by atoms with Crippen molar-refractivity contribution in [2.24, 2.45) is 0 Å². The molecule has 5 heteroatoms. The van der Waals surface area contributed by atoms with Crippen LogP contribution >= 0.6 is 11.8 Å². The number of thioether (sulfide) groups is 1. The van der Waals surface area contributed by atoms with E-state index in [9.17, 15) is 9.59 Å². The van der Waals surface area contributed by atoms with E-state index >= 15 is 0 Å². The molecule has 0 aliphatic carbocycles. The highest BCUT2D eigenvalue weighted by Gasteiger charge is 2.23. The van der Waals surface area contributed by atoms with E-state index in [1.165, 1.54) is 11.8 Å². The standard InChI is InChI=1S/C27H30N2O2S/c1-4-5-14-25(30)28-22-12-9-13-23(18-22)32-26(21-10-7-6-8-11-21)27(31)29-24-17-19(2)15-16-20(24)3/h6-13,15-18,26H,4-5,14H2,1-3H3,(H,28,30)(H,29,31). The van der Waals surface area contributed by atoms with Crippen LogP contribution in [-0.4, -0.2) is 11.8 Å². The number of hydrogen-bond donors (Lipinski definition) is 2. The number of rotatable bonds is 9. The van der Waals surface area contributed by atoms with Crippen molar-refractivity contribution in [3.63, 3.8) is 0 Å². The highest BCUT2D eigenvalue weighted by atomic mass is 32.2. The fourth-order valence-corrected chi connectivity index (χ4v) is 4.40. The summed E-state index contributed by atoms with van der Waals surface area (Å²) >= 11 is 1.47. The summed E-state index contributed by atoms with van der Waals surface area (Å²) in [7, 11) is 0. The molecule has 0 fully saturated rings. The largest absolute Gasteiger partial charge is 0.326 e. The number of benzene rings is 3. The highest BCUT2D eigenvalue weighted by molar-refractivity contribution is 8.00. The summed E-state index contributed by atoms with van der Waals surface area (Å²) in [5.74, 6) is -0.0615. The Labute approximate surface area is 194 Å². The van der Waals surface area contributed by atoms with Gasteiger partial charge >= 0.3 is 0 Å². The molecule has 2 N–H and O–H groups in total. The summed E-state index contributed by atoms with van der Waals surface area (Å²) in [6, 6.07) is 23.5. The number of unbranched alkanes of at least 4 members (excludes halogenated alkanes) is 1. The first kappa shape index (κ1) is 23.6. The Bertz CT molecular complexity index is 1070. The van der Waals surface area contributed by atoms with Gasteiger partial charge in [-0.1, -0.05) is 61.9 Å². The molecule has 0 heterocycles.